The molecule has 5 nitrogen and oxygen atoms in total. The molecular weight excluding hydrogens is 215 g/mol. The average Bonchev–Trinajstić information content (AvgIpc) is 2.30. The molecule has 1 aromatic carbocycles. The van der Waals surface area contributed by atoms with Gasteiger partial charge in [-0.05, 0) is 6.07 Å². The summed E-state index contributed by atoms with van der Waals surface area (Å²) >= 11 is 0. The van der Waals surface area contributed by atoms with E-state index in [1.807, 2.05) is 0 Å². The third kappa shape index (κ3) is 2.22. The van der Waals surface area contributed by atoms with E-state index >= 15 is 0 Å². The number of benzene rings is 1. The minimum Gasteiger partial charge on any atom is -0.497 e. The van der Waals surface area contributed by atoms with Crippen LogP contribution in [0, 0.1) is 10.7 Å². The van der Waals surface area contributed by atoms with Crippen molar-refractivity contribution in [2.75, 3.05) is 12.4 Å². The van der Waals surface area contributed by atoms with E-state index in [1.54, 1.807) is 0 Å². The van der Waals surface area contributed by atoms with E-state index in [1.165, 1.54) is 12.3 Å². The number of methoxy groups -OCH3 is 1. The van der Waals surface area contributed by atoms with Gasteiger partial charge in [0.25, 0.3) is 5.69 Å². The first-order valence-corrected chi connectivity index (χ1v) is 4.29. The van der Waals surface area contributed by atoms with Gasteiger partial charge in [0.15, 0.2) is 5.82 Å². The summed E-state index contributed by atoms with van der Waals surface area (Å²) in [6.07, 6.45) is 0.411. The van der Waals surface area contributed by atoms with Crippen LogP contribution in [0.2, 0.25) is 0 Å². The lowest BCUT2D eigenvalue weighted by Crippen LogP contribution is -2.56. The smallest absolute Gasteiger partial charge is 0.290 e. The van der Waals surface area contributed by atoms with E-state index in [2.05, 4.69) is 11.9 Å². The summed E-state index contributed by atoms with van der Waals surface area (Å²) in [7, 11) is 1.37. The molecule has 0 aliphatic heterocycles. The van der Waals surface area contributed by atoms with Crippen LogP contribution in [0.25, 0.3) is 5.76 Å². The Balaban J connectivity index is 3.34. The molecule has 0 bridgehead atoms. The molecular formula is C10H10FN2O3+. The van der Waals surface area contributed by atoms with Crippen molar-refractivity contribution in [2.45, 2.75) is 0 Å². The van der Waals surface area contributed by atoms with E-state index in [9.17, 15) is 14.1 Å². The van der Waals surface area contributed by atoms with Crippen LogP contribution in [0.3, 0.4) is 0 Å². The summed E-state index contributed by atoms with van der Waals surface area (Å²) in [5.74, 6) is -0.569. The Morgan fingerprint density at radius 2 is 2.31 bits per heavy atom. The number of hydrogen-bond donors (Lipinski definition) is 2. The molecule has 0 heterocycles. The van der Waals surface area contributed by atoms with Gasteiger partial charge in [0, 0.05) is 21.7 Å². The fourth-order valence-corrected chi connectivity index (χ4v) is 1.18. The van der Waals surface area contributed by atoms with Crippen LogP contribution in [0.5, 0.6) is 0 Å². The summed E-state index contributed by atoms with van der Waals surface area (Å²) in [5.41, 5.74) is 0.240. The normalized spacial score (nSPS) is 9.38. The van der Waals surface area contributed by atoms with Crippen LogP contribution in [-0.4, -0.2) is 13.5 Å². The number of carbonyl (C=O) groups is 1. The second-order valence-corrected chi connectivity index (χ2v) is 2.87. The van der Waals surface area contributed by atoms with E-state index < -0.39 is 5.82 Å². The first-order chi connectivity index (χ1) is 7.63. The Morgan fingerprint density at radius 3 is 2.81 bits per heavy atom. The van der Waals surface area contributed by atoms with Gasteiger partial charge in [-0.2, -0.15) is 4.39 Å². The number of nitroso groups, excluding NO2 is 1. The molecule has 0 aliphatic carbocycles. The third-order valence-corrected chi connectivity index (χ3v) is 1.98. The highest BCUT2D eigenvalue weighted by Gasteiger charge is 2.16. The molecule has 0 fully saturated rings. The minimum absolute atomic E-state index is 0.181. The van der Waals surface area contributed by atoms with Gasteiger partial charge >= 0.3 is 0 Å². The minimum atomic E-state index is -0.750. The van der Waals surface area contributed by atoms with Gasteiger partial charge in [-0.3, -0.25) is 4.79 Å². The summed E-state index contributed by atoms with van der Waals surface area (Å²) in [4.78, 5) is 20.7. The van der Waals surface area contributed by atoms with E-state index in [4.69, 9.17) is 4.74 Å². The Labute approximate surface area is 90.9 Å². The quantitative estimate of drug-likeness (QED) is 0.566. The van der Waals surface area contributed by atoms with Crippen LogP contribution >= 0.6 is 0 Å². The van der Waals surface area contributed by atoms with Crippen molar-refractivity contribution < 1.29 is 19.1 Å². The lowest BCUT2D eigenvalue weighted by atomic mass is 10.1. The number of carbonyl (C=O) groups excluding carboxylic acids is 1. The van der Waals surface area contributed by atoms with E-state index in [-0.39, 0.29) is 22.7 Å². The Hall–Kier alpha value is -2.24. The summed E-state index contributed by atoms with van der Waals surface area (Å²) in [5, 5.41) is 3.75. The van der Waals surface area contributed by atoms with Crippen molar-refractivity contribution in [1.82, 2.24) is 0 Å². The molecule has 2 N–H and O–H groups in total. The van der Waals surface area contributed by atoms with Gasteiger partial charge < -0.3 is 10.1 Å². The largest absolute Gasteiger partial charge is 0.497 e. The maximum absolute atomic E-state index is 13.3. The van der Waals surface area contributed by atoms with Gasteiger partial charge in [0.2, 0.25) is 6.41 Å². The Bertz CT molecular complexity index is 446. The molecule has 0 radical (unpaired) electrons. The van der Waals surface area contributed by atoms with Crippen molar-refractivity contribution in [1.29, 1.82) is 0 Å². The van der Waals surface area contributed by atoms with Crippen molar-refractivity contribution in [3.05, 3.63) is 35.0 Å². The fraction of sp³-hybridized carbons (Fsp3) is 0.100. The summed E-state index contributed by atoms with van der Waals surface area (Å²) in [6.45, 7) is 3.54. The van der Waals surface area contributed by atoms with Crippen molar-refractivity contribution in [2.24, 2.45) is 0 Å². The molecule has 6 heteroatoms. The number of ether oxygens (including phenoxy) is 1. The summed E-state index contributed by atoms with van der Waals surface area (Å²) in [6, 6.07) is 2.22. The predicted octanol–water partition coefficient (Wildman–Crippen LogP) is 0.490. The zero-order chi connectivity index (χ0) is 12.1. The van der Waals surface area contributed by atoms with Gasteiger partial charge in [-0.15, -0.1) is 0 Å². The fourth-order valence-electron chi connectivity index (χ4n) is 1.18. The molecule has 1 aromatic rings. The molecule has 0 saturated carbocycles. The molecule has 0 atom stereocenters. The first kappa shape index (κ1) is 11.8. The molecule has 1 amide bonds. The maximum Gasteiger partial charge on any atom is 0.290 e. The average molecular weight is 225 g/mol. The van der Waals surface area contributed by atoms with Crippen LogP contribution < -0.4 is 10.5 Å². The predicted molar refractivity (Wildman–Crippen MR) is 56.1 cm³/mol. The standard InChI is InChI=1S/C10H9FN2O3/c1-6(16-2)7-3-8(11)10(13-15)4-9(7)12-5-14/h3-5H,1H2,2H3,(H,12,14)/p+1. The Morgan fingerprint density at radius 1 is 1.62 bits per heavy atom. The zero-order valence-electron chi connectivity index (χ0n) is 8.54. The molecule has 0 unspecified atom stereocenters. The number of nitrogens with one attached hydrogen (secondary N) is 2. The molecule has 1 rings (SSSR count). The second kappa shape index (κ2) is 5.01. The highest BCUT2D eigenvalue weighted by molar-refractivity contribution is 5.82. The molecule has 0 spiro atoms. The van der Waals surface area contributed by atoms with Gasteiger partial charge in [0.05, 0.1) is 12.8 Å². The van der Waals surface area contributed by atoms with Gasteiger partial charge in [0.1, 0.15) is 5.76 Å². The number of halogens is 1. The number of anilines is 1. The highest BCUT2D eigenvalue weighted by atomic mass is 19.1. The molecule has 84 valence electrons. The third-order valence-electron chi connectivity index (χ3n) is 1.98. The number of amides is 1. The van der Waals surface area contributed by atoms with Crippen molar-refractivity contribution >= 4 is 23.5 Å². The monoisotopic (exact) mass is 225 g/mol. The lowest BCUT2D eigenvalue weighted by molar-refractivity contribution is -0.382. The first-order valence-electron chi connectivity index (χ1n) is 4.29. The number of hydrogen-bond acceptors (Lipinski definition) is 3. The summed E-state index contributed by atoms with van der Waals surface area (Å²) < 4.78 is 18.1. The van der Waals surface area contributed by atoms with Gasteiger partial charge in [-0.25, -0.2) is 0 Å². The molecule has 0 aromatic heterocycles. The maximum atomic E-state index is 13.3. The topological polar surface area (TPSA) is 69.4 Å². The second-order valence-electron chi connectivity index (χ2n) is 2.87. The lowest BCUT2D eigenvalue weighted by Gasteiger charge is -2.09. The number of rotatable bonds is 5. The van der Waals surface area contributed by atoms with E-state index in [0.29, 0.717) is 6.41 Å². The van der Waals surface area contributed by atoms with Crippen molar-refractivity contribution in [3.63, 3.8) is 0 Å². The Kier molecular flexibility index (Phi) is 3.71. The SMILES string of the molecule is C=C(OC)c1cc(F)c([NH+]=O)cc1NC=O. The molecule has 16 heavy (non-hydrogen) atoms. The van der Waals surface area contributed by atoms with Gasteiger partial charge in [-0.1, -0.05) is 6.58 Å². The molecule has 0 aliphatic rings. The van der Waals surface area contributed by atoms with Crippen LogP contribution in [0.1, 0.15) is 5.56 Å². The zero-order valence-corrected chi connectivity index (χ0v) is 8.54. The van der Waals surface area contributed by atoms with Crippen molar-refractivity contribution in [3.8, 4) is 0 Å². The van der Waals surface area contributed by atoms with Crippen LogP contribution in [0.4, 0.5) is 15.8 Å². The van der Waals surface area contributed by atoms with E-state index in [0.717, 1.165) is 12.1 Å². The highest BCUT2D eigenvalue weighted by Crippen LogP contribution is 2.27. The van der Waals surface area contributed by atoms with Crippen LogP contribution in [0.15, 0.2) is 18.7 Å². The van der Waals surface area contributed by atoms with Crippen LogP contribution in [-0.2, 0) is 9.53 Å². The molecule has 0 saturated heterocycles.